The van der Waals surface area contributed by atoms with Crippen molar-refractivity contribution in [3.63, 3.8) is 0 Å². The van der Waals surface area contributed by atoms with Crippen molar-refractivity contribution in [2.45, 2.75) is 44.7 Å². The lowest BCUT2D eigenvalue weighted by Gasteiger charge is -2.36. The minimum atomic E-state index is -4.50. The molecule has 6 nitrogen and oxygen atoms in total. The van der Waals surface area contributed by atoms with Gasteiger partial charge in [-0.05, 0) is 48.6 Å². The zero-order valence-electron chi connectivity index (χ0n) is 16.8. The van der Waals surface area contributed by atoms with Crippen LogP contribution in [-0.4, -0.2) is 46.6 Å². The molecule has 2 N–H and O–H groups in total. The smallest absolute Gasteiger partial charge is 0.368 e. The quantitative estimate of drug-likeness (QED) is 0.744. The van der Waals surface area contributed by atoms with E-state index in [1.807, 2.05) is 9.80 Å². The van der Waals surface area contributed by atoms with E-state index in [9.17, 15) is 22.4 Å². The molecule has 4 rings (SSSR count). The normalized spacial score (nSPS) is 19.9. The first-order chi connectivity index (χ1) is 14.7. The third kappa shape index (κ3) is 4.79. The average Bonchev–Trinajstić information content (AvgIpc) is 2.72. The number of hydrogen-bond donors (Lipinski definition) is 1. The SMILES string of the molecule is NC(=O)c1cc(N2CCC[C@H](F)C2)c2c(n1)CN(Cc1ccnc(C(F)(F)F)c1)CC2. The number of hydrogen-bond acceptors (Lipinski definition) is 5. The number of carbonyl (C=O) groups is 1. The number of pyridine rings is 2. The Bertz CT molecular complexity index is 981. The summed E-state index contributed by atoms with van der Waals surface area (Å²) in [6.07, 6.45) is -2.43. The number of alkyl halides is 4. The summed E-state index contributed by atoms with van der Waals surface area (Å²) in [5.41, 5.74) is 7.53. The molecule has 1 atom stereocenters. The minimum Gasteiger partial charge on any atom is -0.368 e. The first-order valence-corrected chi connectivity index (χ1v) is 10.2. The number of anilines is 1. The van der Waals surface area contributed by atoms with E-state index >= 15 is 0 Å². The fourth-order valence-electron chi connectivity index (χ4n) is 4.25. The molecule has 1 fully saturated rings. The Balaban J connectivity index is 1.59. The molecule has 0 spiro atoms. The van der Waals surface area contributed by atoms with Crippen LogP contribution in [0.2, 0.25) is 0 Å². The first-order valence-electron chi connectivity index (χ1n) is 10.2. The summed E-state index contributed by atoms with van der Waals surface area (Å²) in [5.74, 6) is -0.668. The van der Waals surface area contributed by atoms with E-state index in [4.69, 9.17) is 5.73 Å². The van der Waals surface area contributed by atoms with Gasteiger partial charge in [-0.2, -0.15) is 13.2 Å². The lowest BCUT2D eigenvalue weighted by atomic mass is 9.98. The van der Waals surface area contributed by atoms with E-state index in [2.05, 4.69) is 9.97 Å². The zero-order chi connectivity index (χ0) is 22.2. The van der Waals surface area contributed by atoms with Crippen LogP contribution in [0.5, 0.6) is 0 Å². The van der Waals surface area contributed by atoms with Gasteiger partial charge in [-0.3, -0.25) is 14.7 Å². The number of rotatable bonds is 4. The topological polar surface area (TPSA) is 75.4 Å². The van der Waals surface area contributed by atoms with Crippen molar-refractivity contribution in [3.05, 3.63) is 52.6 Å². The van der Waals surface area contributed by atoms with Gasteiger partial charge in [-0.25, -0.2) is 9.37 Å². The second kappa shape index (κ2) is 8.41. The van der Waals surface area contributed by atoms with E-state index in [0.717, 1.165) is 29.9 Å². The highest BCUT2D eigenvalue weighted by Crippen LogP contribution is 2.32. The molecule has 166 valence electrons. The third-order valence-corrected chi connectivity index (χ3v) is 5.72. The number of primary amides is 1. The number of nitrogens with two attached hydrogens (primary N) is 1. The zero-order valence-corrected chi connectivity index (χ0v) is 16.8. The molecule has 2 aliphatic rings. The number of fused-ring (bicyclic) bond motifs is 1. The summed E-state index contributed by atoms with van der Waals surface area (Å²) in [6.45, 7) is 2.21. The maximum atomic E-state index is 14.0. The maximum Gasteiger partial charge on any atom is 0.433 e. The van der Waals surface area contributed by atoms with Gasteiger partial charge in [0, 0.05) is 44.6 Å². The minimum absolute atomic E-state index is 0.111. The Hall–Kier alpha value is -2.75. The van der Waals surface area contributed by atoms with Crippen LogP contribution < -0.4 is 10.6 Å². The van der Waals surface area contributed by atoms with E-state index in [1.165, 1.54) is 0 Å². The molecule has 2 aromatic rings. The highest BCUT2D eigenvalue weighted by Gasteiger charge is 2.33. The van der Waals surface area contributed by atoms with Gasteiger partial charge >= 0.3 is 6.18 Å². The van der Waals surface area contributed by atoms with Crippen molar-refractivity contribution in [2.24, 2.45) is 5.73 Å². The summed E-state index contributed by atoms with van der Waals surface area (Å²) in [5, 5.41) is 0. The summed E-state index contributed by atoms with van der Waals surface area (Å²) >= 11 is 0. The molecular formula is C21H23F4N5O. The van der Waals surface area contributed by atoms with Crippen LogP contribution in [0.4, 0.5) is 23.2 Å². The van der Waals surface area contributed by atoms with Crippen molar-refractivity contribution in [2.75, 3.05) is 24.5 Å². The molecule has 4 heterocycles. The van der Waals surface area contributed by atoms with Crippen LogP contribution in [0.1, 0.15) is 45.8 Å². The fourth-order valence-corrected chi connectivity index (χ4v) is 4.25. The van der Waals surface area contributed by atoms with E-state index in [-0.39, 0.29) is 12.2 Å². The number of amides is 1. The van der Waals surface area contributed by atoms with Crippen LogP contribution in [0.3, 0.4) is 0 Å². The number of nitrogens with zero attached hydrogens (tertiary/aromatic N) is 4. The number of piperidine rings is 1. The molecule has 0 bridgehead atoms. The second-order valence-electron chi connectivity index (χ2n) is 8.01. The summed E-state index contributed by atoms with van der Waals surface area (Å²) in [4.78, 5) is 23.5. The number of aromatic nitrogens is 2. The third-order valence-electron chi connectivity index (χ3n) is 5.72. The Kier molecular flexibility index (Phi) is 5.83. The van der Waals surface area contributed by atoms with Gasteiger partial charge in [0.1, 0.15) is 17.6 Å². The molecule has 2 aromatic heterocycles. The van der Waals surface area contributed by atoms with Crippen LogP contribution in [0.15, 0.2) is 24.4 Å². The molecule has 31 heavy (non-hydrogen) atoms. The van der Waals surface area contributed by atoms with Gasteiger partial charge in [0.15, 0.2) is 0 Å². The Morgan fingerprint density at radius 2 is 2.06 bits per heavy atom. The second-order valence-corrected chi connectivity index (χ2v) is 8.01. The van der Waals surface area contributed by atoms with Crippen molar-refractivity contribution in [3.8, 4) is 0 Å². The lowest BCUT2D eigenvalue weighted by molar-refractivity contribution is -0.141. The van der Waals surface area contributed by atoms with Gasteiger partial charge < -0.3 is 10.6 Å². The predicted octanol–water partition coefficient (Wildman–Crippen LogP) is 3.09. The summed E-state index contributed by atoms with van der Waals surface area (Å²) in [6, 6.07) is 4.23. The molecule has 0 saturated carbocycles. The van der Waals surface area contributed by atoms with Gasteiger partial charge in [-0.1, -0.05) is 0 Å². The molecule has 10 heteroatoms. The largest absolute Gasteiger partial charge is 0.433 e. The summed E-state index contributed by atoms with van der Waals surface area (Å²) in [7, 11) is 0. The Morgan fingerprint density at radius 1 is 1.26 bits per heavy atom. The van der Waals surface area contributed by atoms with Gasteiger partial charge in [-0.15, -0.1) is 0 Å². The van der Waals surface area contributed by atoms with E-state index < -0.39 is 23.9 Å². The van der Waals surface area contributed by atoms with Crippen molar-refractivity contribution >= 4 is 11.6 Å². The summed E-state index contributed by atoms with van der Waals surface area (Å²) < 4.78 is 52.8. The molecule has 0 unspecified atom stereocenters. The molecule has 2 aliphatic heterocycles. The molecule has 1 saturated heterocycles. The number of carbonyl (C=O) groups excluding carboxylic acids is 1. The fraction of sp³-hybridized carbons (Fsp3) is 0.476. The Labute approximate surface area is 177 Å². The lowest BCUT2D eigenvalue weighted by Crippen LogP contribution is -2.39. The van der Waals surface area contributed by atoms with Crippen molar-refractivity contribution < 1.29 is 22.4 Å². The van der Waals surface area contributed by atoms with Gasteiger partial charge in [0.2, 0.25) is 0 Å². The standard InChI is InChI=1S/C21H23F4N5O/c22-14-2-1-6-30(11-14)18-9-16(20(26)31)28-17-12-29(7-4-15(17)18)10-13-3-5-27-19(8-13)21(23,24)25/h3,5,8-9,14H,1-2,4,6-7,10-12H2,(H2,26,31)/t14-/m0/s1. The monoisotopic (exact) mass is 437 g/mol. The highest BCUT2D eigenvalue weighted by molar-refractivity contribution is 5.92. The van der Waals surface area contributed by atoms with Crippen LogP contribution >= 0.6 is 0 Å². The van der Waals surface area contributed by atoms with Gasteiger partial charge in [0.05, 0.1) is 5.69 Å². The van der Waals surface area contributed by atoms with Crippen molar-refractivity contribution in [1.82, 2.24) is 14.9 Å². The van der Waals surface area contributed by atoms with Gasteiger partial charge in [0.25, 0.3) is 5.91 Å². The predicted molar refractivity (Wildman–Crippen MR) is 106 cm³/mol. The molecule has 0 radical (unpaired) electrons. The highest BCUT2D eigenvalue weighted by atomic mass is 19.4. The first kappa shape index (κ1) is 21.5. The molecular weight excluding hydrogens is 414 g/mol. The maximum absolute atomic E-state index is 14.0. The van der Waals surface area contributed by atoms with Crippen LogP contribution in [-0.2, 0) is 25.7 Å². The van der Waals surface area contributed by atoms with Crippen LogP contribution in [0, 0.1) is 0 Å². The number of halogens is 4. The molecule has 0 aromatic carbocycles. The van der Waals surface area contributed by atoms with Crippen molar-refractivity contribution in [1.29, 1.82) is 0 Å². The molecule has 1 amide bonds. The Morgan fingerprint density at radius 3 is 2.77 bits per heavy atom. The molecule has 0 aliphatic carbocycles. The average molecular weight is 437 g/mol. The van der Waals surface area contributed by atoms with E-state index in [1.54, 1.807) is 12.1 Å². The van der Waals surface area contributed by atoms with E-state index in [0.29, 0.717) is 50.3 Å². The van der Waals surface area contributed by atoms with Crippen LogP contribution in [0.25, 0.3) is 0 Å².